The Labute approximate surface area is 105 Å². The van der Waals surface area contributed by atoms with E-state index in [9.17, 15) is 4.79 Å². The second-order valence-electron chi connectivity index (χ2n) is 3.94. The predicted molar refractivity (Wildman–Crippen MR) is 69.5 cm³/mol. The molecule has 1 amide bonds. The van der Waals surface area contributed by atoms with Gasteiger partial charge in [0.1, 0.15) is 5.75 Å². The zero-order valence-electron chi connectivity index (χ0n) is 10.3. The van der Waals surface area contributed by atoms with Gasteiger partial charge in [0.15, 0.2) is 0 Å². The van der Waals surface area contributed by atoms with E-state index in [1.165, 1.54) is 6.20 Å². The lowest BCUT2D eigenvalue weighted by Crippen LogP contribution is -2.13. The third-order valence-corrected chi connectivity index (χ3v) is 2.70. The Hall–Kier alpha value is -2.36. The van der Waals surface area contributed by atoms with E-state index in [4.69, 9.17) is 10.5 Å². The Bertz CT molecular complexity index is 594. The van der Waals surface area contributed by atoms with E-state index in [0.29, 0.717) is 11.3 Å². The monoisotopic (exact) mass is 242 g/mol. The maximum Gasteiger partial charge on any atom is 0.250 e. The van der Waals surface area contributed by atoms with E-state index < -0.39 is 5.91 Å². The maximum atomic E-state index is 11.4. The number of rotatable bonds is 3. The molecule has 18 heavy (non-hydrogen) atoms. The fourth-order valence-corrected chi connectivity index (χ4v) is 1.85. The van der Waals surface area contributed by atoms with Crippen LogP contribution in [0, 0.1) is 6.92 Å². The number of aryl methyl sites for hydroxylation is 1. The standard InChI is InChI=1S/C14H14N2O2/c1-9-7-11(12(8-16-9)14(15)17)10-5-3-4-6-13(10)18-2/h3-8H,1-2H3,(H2,15,17). The fourth-order valence-electron chi connectivity index (χ4n) is 1.85. The van der Waals surface area contributed by atoms with E-state index in [0.717, 1.165) is 16.8 Å². The van der Waals surface area contributed by atoms with E-state index >= 15 is 0 Å². The van der Waals surface area contributed by atoms with E-state index in [-0.39, 0.29) is 0 Å². The molecule has 2 aromatic rings. The minimum atomic E-state index is -0.497. The molecule has 0 spiro atoms. The van der Waals surface area contributed by atoms with Crippen molar-refractivity contribution >= 4 is 5.91 Å². The normalized spacial score (nSPS) is 10.1. The van der Waals surface area contributed by atoms with Crippen LogP contribution in [0.2, 0.25) is 0 Å². The number of primary amides is 1. The van der Waals surface area contributed by atoms with Crippen molar-refractivity contribution in [2.45, 2.75) is 6.92 Å². The molecule has 0 aliphatic heterocycles. The van der Waals surface area contributed by atoms with Gasteiger partial charge < -0.3 is 10.5 Å². The second kappa shape index (κ2) is 4.87. The quantitative estimate of drug-likeness (QED) is 0.897. The number of methoxy groups -OCH3 is 1. The zero-order chi connectivity index (χ0) is 13.1. The number of hydrogen-bond donors (Lipinski definition) is 1. The van der Waals surface area contributed by atoms with Crippen molar-refractivity contribution in [3.05, 3.63) is 47.8 Å². The highest BCUT2D eigenvalue weighted by molar-refractivity contribution is 6.00. The van der Waals surface area contributed by atoms with Gasteiger partial charge in [-0.2, -0.15) is 0 Å². The van der Waals surface area contributed by atoms with Crippen LogP contribution in [0.25, 0.3) is 11.1 Å². The second-order valence-corrected chi connectivity index (χ2v) is 3.94. The molecule has 2 rings (SSSR count). The molecule has 0 unspecified atom stereocenters. The van der Waals surface area contributed by atoms with Gasteiger partial charge in [-0.05, 0) is 19.1 Å². The summed E-state index contributed by atoms with van der Waals surface area (Å²) in [6.45, 7) is 1.86. The van der Waals surface area contributed by atoms with Crippen LogP contribution in [0.3, 0.4) is 0 Å². The predicted octanol–water partition coefficient (Wildman–Crippen LogP) is 2.16. The lowest BCUT2D eigenvalue weighted by atomic mass is 9.99. The van der Waals surface area contributed by atoms with Crippen molar-refractivity contribution < 1.29 is 9.53 Å². The molecule has 2 N–H and O–H groups in total. The van der Waals surface area contributed by atoms with Crippen LogP contribution in [0.1, 0.15) is 16.1 Å². The summed E-state index contributed by atoms with van der Waals surface area (Å²) >= 11 is 0. The highest BCUT2D eigenvalue weighted by atomic mass is 16.5. The maximum absolute atomic E-state index is 11.4. The SMILES string of the molecule is COc1ccccc1-c1cc(C)ncc1C(N)=O. The third-order valence-electron chi connectivity index (χ3n) is 2.70. The highest BCUT2D eigenvalue weighted by Gasteiger charge is 2.14. The average molecular weight is 242 g/mol. The van der Waals surface area contributed by atoms with E-state index in [1.807, 2.05) is 37.3 Å². The number of carbonyl (C=O) groups is 1. The molecule has 0 fully saturated rings. The zero-order valence-corrected chi connectivity index (χ0v) is 10.3. The van der Waals surface area contributed by atoms with Crippen molar-refractivity contribution in [2.24, 2.45) is 5.73 Å². The van der Waals surface area contributed by atoms with Crippen molar-refractivity contribution in [1.82, 2.24) is 4.98 Å². The first-order chi connectivity index (χ1) is 8.63. The van der Waals surface area contributed by atoms with Crippen LogP contribution in [0.5, 0.6) is 5.75 Å². The fraction of sp³-hybridized carbons (Fsp3) is 0.143. The number of para-hydroxylation sites is 1. The smallest absolute Gasteiger partial charge is 0.250 e. The van der Waals surface area contributed by atoms with Crippen LogP contribution in [-0.4, -0.2) is 18.0 Å². The molecule has 1 aromatic heterocycles. The van der Waals surface area contributed by atoms with Crippen molar-refractivity contribution in [2.75, 3.05) is 7.11 Å². The Morgan fingerprint density at radius 3 is 2.67 bits per heavy atom. The molecule has 1 heterocycles. The summed E-state index contributed by atoms with van der Waals surface area (Å²) in [5.41, 5.74) is 8.16. The minimum Gasteiger partial charge on any atom is -0.496 e. The molecule has 0 saturated carbocycles. The third kappa shape index (κ3) is 2.18. The Kier molecular flexibility index (Phi) is 3.28. The Balaban J connectivity index is 2.69. The number of amides is 1. The van der Waals surface area contributed by atoms with Gasteiger partial charge in [-0.15, -0.1) is 0 Å². The van der Waals surface area contributed by atoms with Gasteiger partial charge in [-0.3, -0.25) is 9.78 Å². The molecule has 0 aliphatic rings. The molecular weight excluding hydrogens is 228 g/mol. The van der Waals surface area contributed by atoms with Crippen LogP contribution >= 0.6 is 0 Å². The molecule has 4 heteroatoms. The van der Waals surface area contributed by atoms with Gasteiger partial charge in [-0.25, -0.2) is 0 Å². The largest absolute Gasteiger partial charge is 0.496 e. The number of benzene rings is 1. The van der Waals surface area contributed by atoms with Gasteiger partial charge in [0.2, 0.25) is 0 Å². The number of nitrogens with zero attached hydrogens (tertiary/aromatic N) is 1. The van der Waals surface area contributed by atoms with Gasteiger partial charge in [0.05, 0.1) is 12.7 Å². The van der Waals surface area contributed by atoms with Gasteiger partial charge in [0.25, 0.3) is 5.91 Å². The molecule has 0 aliphatic carbocycles. The van der Waals surface area contributed by atoms with Crippen LogP contribution < -0.4 is 10.5 Å². The van der Waals surface area contributed by atoms with E-state index in [1.54, 1.807) is 7.11 Å². The number of ether oxygens (including phenoxy) is 1. The first-order valence-electron chi connectivity index (χ1n) is 5.53. The van der Waals surface area contributed by atoms with Crippen LogP contribution in [0.4, 0.5) is 0 Å². The van der Waals surface area contributed by atoms with E-state index in [2.05, 4.69) is 4.98 Å². The van der Waals surface area contributed by atoms with Gasteiger partial charge in [-0.1, -0.05) is 18.2 Å². The molecule has 0 radical (unpaired) electrons. The topological polar surface area (TPSA) is 65.2 Å². The molecule has 0 bridgehead atoms. The van der Waals surface area contributed by atoms with Gasteiger partial charge in [0, 0.05) is 23.0 Å². The lowest BCUT2D eigenvalue weighted by Gasteiger charge is -2.11. The number of pyridine rings is 1. The minimum absolute atomic E-state index is 0.394. The molecule has 0 saturated heterocycles. The number of aromatic nitrogens is 1. The summed E-state index contributed by atoms with van der Waals surface area (Å²) < 4.78 is 5.30. The summed E-state index contributed by atoms with van der Waals surface area (Å²) in [5, 5.41) is 0. The average Bonchev–Trinajstić information content (AvgIpc) is 2.38. The summed E-state index contributed by atoms with van der Waals surface area (Å²) in [6, 6.07) is 9.33. The highest BCUT2D eigenvalue weighted by Crippen LogP contribution is 2.32. The number of hydrogen-bond acceptors (Lipinski definition) is 3. The summed E-state index contributed by atoms with van der Waals surface area (Å²) in [7, 11) is 1.59. The van der Waals surface area contributed by atoms with Crippen molar-refractivity contribution in [3.63, 3.8) is 0 Å². The molecule has 1 aromatic carbocycles. The van der Waals surface area contributed by atoms with Gasteiger partial charge >= 0.3 is 0 Å². The Morgan fingerprint density at radius 1 is 1.28 bits per heavy atom. The summed E-state index contributed by atoms with van der Waals surface area (Å²) in [6.07, 6.45) is 1.50. The summed E-state index contributed by atoms with van der Waals surface area (Å²) in [5.74, 6) is 0.203. The molecular formula is C14H14N2O2. The first kappa shape index (κ1) is 12.1. The number of nitrogens with two attached hydrogens (primary N) is 1. The molecule has 92 valence electrons. The first-order valence-corrected chi connectivity index (χ1v) is 5.53. The van der Waals surface area contributed by atoms with Crippen LogP contribution in [0.15, 0.2) is 36.5 Å². The van der Waals surface area contributed by atoms with Crippen molar-refractivity contribution in [1.29, 1.82) is 0 Å². The molecule has 4 nitrogen and oxygen atoms in total. The lowest BCUT2D eigenvalue weighted by molar-refractivity contribution is 0.100. The molecule has 0 atom stereocenters. The van der Waals surface area contributed by atoms with Crippen LogP contribution in [-0.2, 0) is 0 Å². The number of carbonyl (C=O) groups excluding carboxylic acids is 1. The van der Waals surface area contributed by atoms with Crippen molar-refractivity contribution in [3.8, 4) is 16.9 Å². The summed E-state index contributed by atoms with van der Waals surface area (Å²) in [4.78, 5) is 15.5. The Morgan fingerprint density at radius 2 is 2.00 bits per heavy atom.